The number of halogens is 1. The van der Waals surface area contributed by atoms with Gasteiger partial charge >= 0.3 is 0 Å². The van der Waals surface area contributed by atoms with E-state index in [9.17, 15) is 9.18 Å². The number of piperidine rings is 1. The molecule has 7 nitrogen and oxygen atoms in total. The molecule has 0 unspecified atom stereocenters. The number of para-hydroxylation sites is 1. The largest absolute Gasteiger partial charge is 0.366 e. The summed E-state index contributed by atoms with van der Waals surface area (Å²) in [6.45, 7) is 7.28. The summed E-state index contributed by atoms with van der Waals surface area (Å²) in [5, 5.41) is 3.15. The molecule has 0 bridgehead atoms. The second-order valence-corrected chi connectivity index (χ2v) is 8.22. The van der Waals surface area contributed by atoms with Crippen molar-refractivity contribution in [1.29, 1.82) is 0 Å². The molecule has 4 rings (SSSR count). The van der Waals surface area contributed by atoms with E-state index in [4.69, 9.17) is 0 Å². The molecule has 1 N–H and O–H groups in total. The lowest BCUT2D eigenvalue weighted by Crippen LogP contribution is -2.49. The lowest BCUT2D eigenvalue weighted by atomic mass is 9.93. The van der Waals surface area contributed by atoms with Crippen LogP contribution in [0.3, 0.4) is 0 Å². The third-order valence-electron chi connectivity index (χ3n) is 6.20. The minimum Gasteiger partial charge on any atom is -0.366 e. The average molecular weight is 427 g/mol. The van der Waals surface area contributed by atoms with Gasteiger partial charge in [-0.3, -0.25) is 4.79 Å². The molecule has 2 aromatic rings. The van der Waals surface area contributed by atoms with Crippen LogP contribution in [0.4, 0.5) is 21.8 Å². The Morgan fingerprint density at radius 2 is 1.81 bits per heavy atom. The molecule has 31 heavy (non-hydrogen) atoms. The van der Waals surface area contributed by atoms with Crippen LogP contribution in [0.5, 0.6) is 0 Å². The van der Waals surface area contributed by atoms with Crippen molar-refractivity contribution >= 4 is 23.4 Å². The number of aromatic nitrogens is 2. The molecule has 2 fully saturated rings. The molecule has 1 aromatic heterocycles. The van der Waals surface area contributed by atoms with Gasteiger partial charge in [-0.2, -0.15) is 4.98 Å². The number of hydrogen-bond acceptors (Lipinski definition) is 6. The third-order valence-corrected chi connectivity index (χ3v) is 6.20. The zero-order valence-electron chi connectivity index (χ0n) is 18.1. The first-order chi connectivity index (χ1) is 15.1. The second kappa shape index (κ2) is 9.94. The predicted molar refractivity (Wildman–Crippen MR) is 121 cm³/mol. The Balaban J connectivity index is 1.23. The Bertz CT molecular complexity index is 878. The molecule has 0 atom stereocenters. The van der Waals surface area contributed by atoms with Gasteiger partial charge in [-0.25, -0.2) is 9.37 Å². The maximum atomic E-state index is 14.0. The van der Waals surface area contributed by atoms with Crippen molar-refractivity contribution in [2.75, 3.05) is 60.9 Å². The molecule has 1 aromatic carbocycles. The van der Waals surface area contributed by atoms with Crippen LogP contribution in [0, 0.1) is 11.7 Å². The molecule has 3 heterocycles. The van der Waals surface area contributed by atoms with Crippen LogP contribution in [0.15, 0.2) is 36.5 Å². The van der Waals surface area contributed by atoms with Gasteiger partial charge in [-0.15, -0.1) is 0 Å². The molecule has 2 aliphatic rings. The van der Waals surface area contributed by atoms with Crippen molar-refractivity contribution in [3.8, 4) is 0 Å². The van der Waals surface area contributed by atoms with Gasteiger partial charge in [-0.1, -0.05) is 12.1 Å². The number of nitrogens with one attached hydrogen (secondary N) is 1. The topological polar surface area (TPSA) is 64.6 Å². The van der Waals surface area contributed by atoms with Crippen LogP contribution < -0.4 is 15.1 Å². The number of amides is 1. The van der Waals surface area contributed by atoms with Gasteiger partial charge in [-0.05, 0) is 43.9 Å². The number of piperazine rings is 1. The average Bonchev–Trinajstić information content (AvgIpc) is 2.80. The fourth-order valence-corrected chi connectivity index (χ4v) is 4.42. The van der Waals surface area contributed by atoms with Crippen molar-refractivity contribution in [2.24, 2.45) is 5.92 Å². The fourth-order valence-electron chi connectivity index (χ4n) is 4.42. The number of carbonyl (C=O) groups excluding carboxylic acids is 1. The molecule has 8 heteroatoms. The van der Waals surface area contributed by atoms with Crippen LogP contribution in [0.25, 0.3) is 0 Å². The molecule has 2 saturated heterocycles. The van der Waals surface area contributed by atoms with E-state index < -0.39 is 0 Å². The SMILES string of the molecule is CCNc1nccc(N2CCC(CC(=O)N3CCN(c4ccccc4F)CC3)CC2)n1. The lowest BCUT2D eigenvalue weighted by Gasteiger charge is -2.38. The number of anilines is 3. The van der Waals surface area contributed by atoms with E-state index in [1.165, 1.54) is 6.07 Å². The maximum absolute atomic E-state index is 14.0. The molecule has 0 aliphatic carbocycles. The smallest absolute Gasteiger partial charge is 0.224 e. The summed E-state index contributed by atoms with van der Waals surface area (Å²) in [6.07, 6.45) is 4.36. The second-order valence-electron chi connectivity index (χ2n) is 8.22. The first kappa shape index (κ1) is 21.3. The highest BCUT2D eigenvalue weighted by Gasteiger charge is 2.27. The van der Waals surface area contributed by atoms with Crippen LogP contribution >= 0.6 is 0 Å². The Morgan fingerprint density at radius 3 is 2.52 bits per heavy atom. The molecular formula is C23H31FN6O. The van der Waals surface area contributed by atoms with E-state index in [0.717, 1.165) is 38.3 Å². The van der Waals surface area contributed by atoms with Gasteiger partial charge in [0, 0.05) is 58.4 Å². The Kier molecular flexibility index (Phi) is 6.84. The highest BCUT2D eigenvalue weighted by molar-refractivity contribution is 5.77. The number of benzene rings is 1. The number of carbonyl (C=O) groups is 1. The maximum Gasteiger partial charge on any atom is 0.224 e. The molecule has 0 radical (unpaired) electrons. The summed E-state index contributed by atoms with van der Waals surface area (Å²) >= 11 is 0. The summed E-state index contributed by atoms with van der Waals surface area (Å²) in [7, 11) is 0. The van der Waals surface area contributed by atoms with E-state index in [-0.39, 0.29) is 11.7 Å². The van der Waals surface area contributed by atoms with E-state index in [1.54, 1.807) is 18.3 Å². The Hall–Kier alpha value is -2.90. The van der Waals surface area contributed by atoms with Crippen molar-refractivity contribution in [2.45, 2.75) is 26.2 Å². The van der Waals surface area contributed by atoms with Crippen molar-refractivity contribution in [1.82, 2.24) is 14.9 Å². The van der Waals surface area contributed by atoms with E-state index in [1.807, 2.05) is 28.9 Å². The highest BCUT2D eigenvalue weighted by atomic mass is 19.1. The molecule has 0 spiro atoms. The first-order valence-electron chi connectivity index (χ1n) is 11.2. The summed E-state index contributed by atoms with van der Waals surface area (Å²) in [5.74, 6) is 2.04. The molecule has 166 valence electrons. The van der Waals surface area contributed by atoms with Crippen molar-refractivity contribution in [3.63, 3.8) is 0 Å². The summed E-state index contributed by atoms with van der Waals surface area (Å²) < 4.78 is 14.0. The zero-order valence-corrected chi connectivity index (χ0v) is 18.1. The van der Waals surface area contributed by atoms with Crippen LogP contribution in [0.2, 0.25) is 0 Å². The molecule has 0 saturated carbocycles. The van der Waals surface area contributed by atoms with Gasteiger partial charge in [0.05, 0.1) is 5.69 Å². The molecule has 1 amide bonds. The minimum atomic E-state index is -0.199. The Labute approximate surface area is 183 Å². The van der Waals surface area contributed by atoms with Crippen molar-refractivity contribution in [3.05, 3.63) is 42.3 Å². The monoisotopic (exact) mass is 426 g/mol. The quantitative estimate of drug-likeness (QED) is 0.766. The third kappa shape index (κ3) is 5.24. The Morgan fingerprint density at radius 1 is 1.06 bits per heavy atom. The minimum absolute atomic E-state index is 0.199. The van der Waals surface area contributed by atoms with Crippen LogP contribution in [0.1, 0.15) is 26.2 Å². The number of hydrogen-bond donors (Lipinski definition) is 1. The summed E-state index contributed by atoms with van der Waals surface area (Å²) in [6, 6.07) is 8.79. The number of nitrogens with zero attached hydrogens (tertiary/aromatic N) is 5. The van der Waals surface area contributed by atoms with E-state index in [2.05, 4.69) is 20.2 Å². The number of rotatable bonds is 6. The van der Waals surface area contributed by atoms with Gasteiger partial charge < -0.3 is 20.0 Å². The van der Waals surface area contributed by atoms with E-state index >= 15 is 0 Å². The molecule has 2 aliphatic heterocycles. The zero-order chi connectivity index (χ0) is 21.6. The van der Waals surface area contributed by atoms with Crippen LogP contribution in [-0.2, 0) is 4.79 Å². The standard InChI is InChI=1S/C23H31FN6O/c1-2-25-23-26-10-7-21(27-23)29-11-8-18(9-12-29)17-22(31)30-15-13-28(14-16-30)20-6-4-3-5-19(20)24/h3-7,10,18H,2,8-9,11-17H2,1H3,(H,25,26,27). The summed E-state index contributed by atoms with van der Waals surface area (Å²) in [5.41, 5.74) is 0.629. The normalized spacial score (nSPS) is 17.7. The van der Waals surface area contributed by atoms with Gasteiger partial charge in [0.2, 0.25) is 11.9 Å². The van der Waals surface area contributed by atoms with Crippen LogP contribution in [-0.4, -0.2) is 66.6 Å². The van der Waals surface area contributed by atoms with Crippen molar-refractivity contribution < 1.29 is 9.18 Å². The first-order valence-corrected chi connectivity index (χ1v) is 11.2. The van der Waals surface area contributed by atoms with Gasteiger partial charge in [0.25, 0.3) is 0 Å². The predicted octanol–water partition coefficient (Wildman–Crippen LogP) is 3.00. The van der Waals surface area contributed by atoms with Gasteiger partial charge in [0.1, 0.15) is 11.6 Å². The van der Waals surface area contributed by atoms with E-state index in [0.29, 0.717) is 50.2 Å². The van der Waals surface area contributed by atoms with Gasteiger partial charge in [0.15, 0.2) is 0 Å². The lowest BCUT2D eigenvalue weighted by molar-refractivity contribution is -0.132. The summed E-state index contributed by atoms with van der Waals surface area (Å²) in [4.78, 5) is 27.9. The fraction of sp³-hybridized carbons (Fsp3) is 0.522. The molecular weight excluding hydrogens is 395 g/mol. The highest BCUT2D eigenvalue weighted by Crippen LogP contribution is 2.26.